The van der Waals surface area contributed by atoms with E-state index in [-0.39, 0.29) is 17.5 Å². The predicted octanol–water partition coefficient (Wildman–Crippen LogP) is 1.67. The second-order valence-electron chi connectivity index (χ2n) is 3.23. The summed E-state index contributed by atoms with van der Waals surface area (Å²) in [5, 5.41) is 2.65. The molecule has 3 nitrogen and oxygen atoms in total. The predicted molar refractivity (Wildman–Crippen MR) is 60.1 cm³/mol. The lowest BCUT2D eigenvalue weighted by molar-refractivity contribution is 0.0940. The van der Waals surface area contributed by atoms with Crippen LogP contribution >= 0.6 is 15.9 Å². The average molecular weight is 275 g/mol. The third-order valence-electron chi connectivity index (χ3n) is 1.90. The number of halogens is 2. The van der Waals surface area contributed by atoms with E-state index in [9.17, 15) is 9.18 Å². The molecule has 1 amide bonds. The van der Waals surface area contributed by atoms with E-state index in [4.69, 9.17) is 5.73 Å². The Morgan fingerprint density at radius 3 is 2.93 bits per heavy atom. The van der Waals surface area contributed by atoms with Gasteiger partial charge in [0.2, 0.25) is 0 Å². The van der Waals surface area contributed by atoms with Crippen LogP contribution in [-0.2, 0) is 0 Å². The Labute approximate surface area is 96.0 Å². The number of hydrogen-bond donors (Lipinski definition) is 2. The molecule has 0 unspecified atom stereocenters. The number of hydrogen-bond acceptors (Lipinski definition) is 2. The maximum Gasteiger partial charge on any atom is 0.252 e. The van der Waals surface area contributed by atoms with Gasteiger partial charge in [-0.25, -0.2) is 4.39 Å². The second kappa shape index (κ2) is 5.23. The second-order valence-corrected chi connectivity index (χ2v) is 4.09. The van der Waals surface area contributed by atoms with Crippen LogP contribution in [0, 0.1) is 5.82 Å². The molecule has 0 aliphatic rings. The number of amides is 1. The average Bonchev–Trinajstić information content (AvgIpc) is 2.21. The van der Waals surface area contributed by atoms with Crippen LogP contribution in [0.15, 0.2) is 22.7 Å². The molecule has 1 aromatic carbocycles. The van der Waals surface area contributed by atoms with Crippen LogP contribution in [0.4, 0.5) is 4.39 Å². The van der Waals surface area contributed by atoms with E-state index in [1.807, 2.05) is 0 Å². The first-order valence-corrected chi connectivity index (χ1v) is 5.30. The lowest BCUT2D eigenvalue weighted by Crippen LogP contribution is -2.37. The summed E-state index contributed by atoms with van der Waals surface area (Å²) in [6.45, 7) is 2.13. The van der Waals surface area contributed by atoms with Crippen molar-refractivity contribution in [3.8, 4) is 0 Å². The minimum Gasteiger partial charge on any atom is -0.348 e. The van der Waals surface area contributed by atoms with E-state index in [2.05, 4.69) is 21.2 Å². The lowest BCUT2D eigenvalue weighted by Gasteiger charge is -2.12. The summed E-state index contributed by atoms with van der Waals surface area (Å²) in [4.78, 5) is 11.6. The van der Waals surface area contributed by atoms with Crippen LogP contribution < -0.4 is 11.1 Å². The van der Waals surface area contributed by atoms with Gasteiger partial charge in [-0.3, -0.25) is 4.79 Å². The molecule has 0 fully saturated rings. The monoisotopic (exact) mass is 274 g/mol. The summed E-state index contributed by atoms with van der Waals surface area (Å²) < 4.78 is 13.5. The van der Waals surface area contributed by atoms with E-state index in [0.717, 1.165) is 0 Å². The lowest BCUT2D eigenvalue weighted by atomic mass is 10.2. The number of nitrogens with two attached hydrogens (primary N) is 1. The molecule has 0 aliphatic carbocycles. The zero-order valence-electron chi connectivity index (χ0n) is 8.26. The maximum absolute atomic E-state index is 12.9. The Morgan fingerprint density at radius 1 is 1.67 bits per heavy atom. The largest absolute Gasteiger partial charge is 0.348 e. The Kier molecular flexibility index (Phi) is 4.23. The van der Waals surface area contributed by atoms with Gasteiger partial charge in [-0.2, -0.15) is 0 Å². The standard InChI is InChI=1S/C10H12BrFN2O/c1-6(5-13)14-10(15)8-4-7(12)2-3-9(8)11/h2-4,6H,5,13H2,1H3,(H,14,15)/t6-/m0/s1. The van der Waals surface area contributed by atoms with Gasteiger partial charge in [-0.1, -0.05) is 0 Å². The fourth-order valence-electron chi connectivity index (χ4n) is 1.03. The van der Waals surface area contributed by atoms with Crippen molar-refractivity contribution in [2.75, 3.05) is 6.54 Å². The van der Waals surface area contributed by atoms with Crippen LogP contribution in [0.1, 0.15) is 17.3 Å². The van der Waals surface area contributed by atoms with Gasteiger partial charge in [-0.15, -0.1) is 0 Å². The molecule has 0 heterocycles. The van der Waals surface area contributed by atoms with Crippen molar-refractivity contribution in [1.29, 1.82) is 0 Å². The number of rotatable bonds is 3. The molecule has 1 atom stereocenters. The van der Waals surface area contributed by atoms with Crippen molar-refractivity contribution >= 4 is 21.8 Å². The van der Waals surface area contributed by atoms with Gasteiger partial charge in [0.15, 0.2) is 0 Å². The Bertz CT molecular complexity index is 370. The maximum atomic E-state index is 12.9. The minimum atomic E-state index is -0.441. The molecule has 0 aliphatic heterocycles. The number of nitrogens with one attached hydrogen (secondary N) is 1. The Hall–Kier alpha value is -0.940. The van der Waals surface area contributed by atoms with Crippen molar-refractivity contribution in [2.24, 2.45) is 5.73 Å². The summed E-state index contributed by atoms with van der Waals surface area (Å²) in [5.41, 5.74) is 5.64. The topological polar surface area (TPSA) is 55.1 Å². The van der Waals surface area contributed by atoms with Crippen molar-refractivity contribution in [3.63, 3.8) is 0 Å². The van der Waals surface area contributed by atoms with Gasteiger partial charge in [0.1, 0.15) is 5.82 Å². The van der Waals surface area contributed by atoms with Gasteiger partial charge in [0.25, 0.3) is 5.91 Å². The highest BCUT2D eigenvalue weighted by Crippen LogP contribution is 2.17. The third-order valence-corrected chi connectivity index (χ3v) is 2.60. The molecule has 0 spiro atoms. The molecule has 1 rings (SSSR count). The first-order chi connectivity index (χ1) is 7.04. The highest BCUT2D eigenvalue weighted by Gasteiger charge is 2.12. The van der Waals surface area contributed by atoms with Crippen molar-refractivity contribution < 1.29 is 9.18 Å². The summed E-state index contributed by atoms with van der Waals surface area (Å²) in [6.07, 6.45) is 0. The first kappa shape index (κ1) is 12.1. The van der Waals surface area contributed by atoms with Crippen LogP contribution in [0.3, 0.4) is 0 Å². The highest BCUT2D eigenvalue weighted by molar-refractivity contribution is 9.10. The quantitative estimate of drug-likeness (QED) is 0.881. The van der Waals surface area contributed by atoms with Gasteiger partial charge in [-0.05, 0) is 41.1 Å². The summed E-state index contributed by atoms with van der Waals surface area (Å²) in [6, 6.07) is 3.83. The van der Waals surface area contributed by atoms with Crippen LogP contribution in [-0.4, -0.2) is 18.5 Å². The smallest absolute Gasteiger partial charge is 0.252 e. The molecule has 5 heteroatoms. The normalized spacial score (nSPS) is 12.3. The van der Waals surface area contributed by atoms with Crippen molar-refractivity contribution in [1.82, 2.24) is 5.32 Å². The van der Waals surface area contributed by atoms with E-state index in [0.29, 0.717) is 11.0 Å². The van der Waals surface area contributed by atoms with Gasteiger partial charge < -0.3 is 11.1 Å². The Morgan fingerprint density at radius 2 is 2.33 bits per heavy atom. The molecule has 82 valence electrons. The van der Waals surface area contributed by atoms with E-state index in [1.165, 1.54) is 18.2 Å². The first-order valence-electron chi connectivity index (χ1n) is 4.50. The summed E-state index contributed by atoms with van der Waals surface area (Å²) >= 11 is 3.18. The van der Waals surface area contributed by atoms with E-state index >= 15 is 0 Å². The third kappa shape index (κ3) is 3.28. The zero-order valence-corrected chi connectivity index (χ0v) is 9.84. The molecule has 0 bridgehead atoms. The van der Waals surface area contributed by atoms with E-state index < -0.39 is 5.82 Å². The van der Waals surface area contributed by atoms with Crippen LogP contribution in [0.25, 0.3) is 0 Å². The molecular weight excluding hydrogens is 263 g/mol. The van der Waals surface area contributed by atoms with Gasteiger partial charge in [0, 0.05) is 17.1 Å². The number of carbonyl (C=O) groups excluding carboxylic acids is 1. The van der Waals surface area contributed by atoms with Crippen LogP contribution in [0.5, 0.6) is 0 Å². The van der Waals surface area contributed by atoms with Gasteiger partial charge >= 0.3 is 0 Å². The summed E-state index contributed by atoms with van der Waals surface area (Å²) in [7, 11) is 0. The van der Waals surface area contributed by atoms with Gasteiger partial charge in [0.05, 0.1) is 5.56 Å². The molecule has 0 saturated heterocycles. The van der Waals surface area contributed by atoms with Crippen LogP contribution in [0.2, 0.25) is 0 Å². The van der Waals surface area contributed by atoms with Crippen molar-refractivity contribution in [2.45, 2.75) is 13.0 Å². The zero-order chi connectivity index (χ0) is 11.4. The number of benzene rings is 1. The molecule has 15 heavy (non-hydrogen) atoms. The SMILES string of the molecule is C[C@@H](CN)NC(=O)c1cc(F)ccc1Br. The molecule has 0 saturated carbocycles. The van der Waals surface area contributed by atoms with Crippen molar-refractivity contribution in [3.05, 3.63) is 34.1 Å². The fraction of sp³-hybridized carbons (Fsp3) is 0.300. The number of carbonyl (C=O) groups is 1. The Balaban J connectivity index is 2.86. The molecule has 0 radical (unpaired) electrons. The summed E-state index contributed by atoms with van der Waals surface area (Å²) in [5.74, 6) is -0.775. The molecule has 1 aromatic rings. The van der Waals surface area contributed by atoms with E-state index in [1.54, 1.807) is 6.92 Å². The molecule has 0 aromatic heterocycles. The molecular formula is C10H12BrFN2O. The highest BCUT2D eigenvalue weighted by atomic mass is 79.9. The molecule has 3 N–H and O–H groups in total. The fourth-order valence-corrected chi connectivity index (χ4v) is 1.46. The minimum absolute atomic E-state index is 0.132.